The normalized spacial score (nSPS) is 17.2. The summed E-state index contributed by atoms with van der Waals surface area (Å²) in [5.41, 5.74) is 0.0694. The zero-order valence-corrected chi connectivity index (χ0v) is 7.05. The van der Waals surface area contributed by atoms with E-state index in [0.717, 1.165) is 19.3 Å². The Balaban J connectivity index is 3.54. The maximum absolute atomic E-state index is 10.5. The Kier molecular flexibility index (Phi) is 5.12. The highest BCUT2D eigenvalue weighted by atomic mass is 31.1. The SMILES string of the molecule is CCCC(CC)[PH](=O)O. The average molecular weight is 150 g/mol. The first-order valence-corrected chi connectivity index (χ1v) is 4.88. The predicted molar refractivity (Wildman–Crippen MR) is 40.2 cm³/mol. The second-order valence-electron chi connectivity index (χ2n) is 2.23. The minimum absolute atomic E-state index is 0.0694. The molecule has 0 spiro atoms. The van der Waals surface area contributed by atoms with E-state index < -0.39 is 8.03 Å². The summed E-state index contributed by atoms with van der Waals surface area (Å²) in [6.07, 6.45) is 2.74. The first-order chi connectivity index (χ1) is 4.22. The van der Waals surface area contributed by atoms with E-state index in [1.165, 1.54) is 0 Å². The van der Waals surface area contributed by atoms with Gasteiger partial charge in [0.2, 0.25) is 0 Å². The van der Waals surface area contributed by atoms with Crippen molar-refractivity contribution in [2.45, 2.75) is 38.8 Å². The Labute approximate surface area is 57.1 Å². The first kappa shape index (κ1) is 9.19. The van der Waals surface area contributed by atoms with Crippen LogP contribution in [0.1, 0.15) is 33.1 Å². The Morgan fingerprint density at radius 2 is 2.11 bits per heavy atom. The summed E-state index contributed by atoms with van der Waals surface area (Å²) in [5, 5.41) is 0. The molecule has 9 heavy (non-hydrogen) atoms. The molecule has 0 aliphatic rings. The van der Waals surface area contributed by atoms with Crippen LogP contribution in [0.15, 0.2) is 0 Å². The third-order valence-electron chi connectivity index (χ3n) is 1.48. The molecule has 1 N–H and O–H groups in total. The number of hydrogen-bond donors (Lipinski definition) is 1. The van der Waals surface area contributed by atoms with Gasteiger partial charge in [0.25, 0.3) is 0 Å². The largest absolute Gasteiger partial charge is 0.346 e. The van der Waals surface area contributed by atoms with E-state index in [-0.39, 0.29) is 5.66 Å². The molecule has 0 radical (unpaired) electrons. The van der Waals surface area contributed by atoms with Crippen molar-refractivity contribution < 1.29 is 9.46 Å². The van der Waals surface area contributed by atoms with Gasteiger partial charge in [-0.05, 0) is 12.8 Å². The van der Waals surface area contributed by atoms with Gasteiger partial charge >= 0.3 is 0 Å². The molecule has 0 aromatic heterocycles. The Hall–Kier alpha value is 0.190. The van der Waals surface area contributed by atoms with Crippen LogP contribution >= 0.6 is 8.03 Å². The molecule has 0 aliphatic heterocycles. The van der Waals surface area contributed by atoms with Crippen LogP contribution in [-0.2, 0) is 4.57 Å². The van der Waals surface area contributed by atoms with Gasteiger partial charge in [0.05, 0.1) is 0 Å². The minimum atomic E-state index is -2.24. The molecule has 0 bridgehead atoms. The van der Waals surface area contributed by atoms with E-state index in [1.807, 2.05) is 13.8 Å². The van der Waals surface area contributed by atoms with Gasteiger partial charge in [-0.3, -0.25) is 4.57 Å². The molecule has 56 valence electrons. The fourth-order valence-electron chi connectivity index (χ4n) is 0.851. The molecule has 2 atom stereocenters. The van der Waals surface area contributed by atoms with Crippen LogP contribution in [0.5, 0.6) is 0 Å². The standard InChI is InChI=1S/C6H15O2P/c1-3-5-6(4-2)9(7)8/h6,9H,3-5H2,1-2H3,(H,7,8). The van der Waals surface area contributed by atoms with Crippen molar-refractivity contribution in [2.24, 2.45) is 0 Å². The zero-order chi connectivity index (χ0) is 7.28. The molecule has 0 aliphatic carbocycles. The van der Waals surface area contributed by atoms with Crippen LogP contribution in [0.25, 0.3) is 0 Å². The smallest absolute Gasteiger partial charge is 0.192 e. The Morgan fingerprint density at radius 3 is 2.22 bits per heavy atom. The van der Waals surface area contributed by atoms with E-state index >= 15 is 0 Å². The molecular formula is C6H15O2P. The van der Waals surface area contributed by atoms with Gasteiger partial charge in [0, 0.05) is 5.66 Å². The van der Waals surface area contributed by atoms with Crippen LogP contribution in [0.2, 0.25) is 0 Å². The molecule has 0 aromatic carbocycles. The number of rotatable bonds is 4. The van der Waals surface area contributed by atoms with Gasteiger partial charge in [-0.15, -0.1) is 0 Å². The van der Waals surface area contributed by atoms with Crippen LogP contribution in [-0.4, -0.2) is 10.6 Å². The van der Waals surface area contributed by atoms with E-state index in [1.54, 1.807) is 0 Å². The fraction of sp³-hybridized carbons (Fsp3) is 1.00. The van der Waals surface area contributed by atoms with Crippen molar-refractivity contribution in [1.82, 2.24) is 0 Å². The average Bonchev–Trinajstić information content (AvgIpc) is 1.82. The highest BCUT2D eigenvalue weighted by molar-refractivity contribution is 7.38. The molecule has 0 heterocycles. The van der Waals surface area contributed by atoms with Crippen molar-refractivity contribution in [3.63, 3.8) is 0 Å². The summed E-state index contributed by atoms with van der Waals surface area (Å²) in [4.78, 5) is 8.69. The van der Waals surface area contributed by atoms with E-state index in [9.17, 15) is 4.57 Å². The number of hydrogen-bond acceptors (Lipinski definition) is 1. The molecule has 0 aromatic rings. The lowest BCUT2D eigenvalue weighted by molar-refractivity contribution is 0.479. The van der Waals surface area contributed by atoms with Crippen LogP contribution in [0.4, 0.5) is 0 Å². The second kappa shape index (κ2) is 5.01. The molecule has 2 nitrogen and oxygen atoms in total. The summed E-state index contributed by atoms with van der Waals surface area (Å²) in [6.45, 7) is 3.99. The Bertz CT molecular complexity index is 93.1. The molecule has 0 fully saturated rings. The van der Waals surface area contributed by atoms with Gasteiger partial charge in [-0.1, -0.05) is 20.3 Å². The van der Waals surface area contributed by atoms with E-state index in [4.69, 9.17) is 4.89 Å². The molecule has 0 rings (SSSR count). The maximum Gasteiger partial charge on any atom is 0.192 e. The molecule has 3 heteroatoms. The van der Waals surface area contributed by atoms with Gasteiger partial charge < -0.3 is 4.89 Å². The lowest BCUT2D eigenvalue weighted by Gasteiger charge is -2.07. The topological polar surface area (TPSA) is 37.3 Å². The van der Waals surface area contributed by atoms with E-state index in [0.29, 0.717) is 0 Å². The summed E-state index contributed by atoms with van der Waals surface area (Å²) >= 11 is 0. The molecule has 0 saturated heterocycles. The van der Waals surface area contributed by atoms with Gasteiger partial charge in [-0.2, -0.15) is 0 Å². The third kappa shape index (κ3) is 3.72. The molecule has 0 saturated carbocycles. The summed E-state index contributed by atoms with van der Waals surface area (Å²) in [7, 11) is -2.24. The quantitative estimate of drug-likeness (QED) is 0.622. The summed E-state index contributed by atoms with van der Waals surface area (Å²) < 4.78 is 10.5. The maximum atomic E-state index is 10.5. The molecular weight excluding hydrogens is 135 g/mol. The van der Waals surface area contributed by atoms with Gasteiger partial charge in [0.15, 0.2) is 8.03 Å². The minimum Gasteiger partial charge on any atom is -0.346 e. The third-order valence-corrected chi connectivity index (χ3v) is 2.87. The Morgan fingerprint density at radius 1 is 1.56 bits per heavy atom. The van der Waals surface area contributed by atoms with Crippen molar-refractivity contribution in [2.75, 3.05) is 0 Å². The van der Waals surface area contributed by atoms with Gasteiger partial charge in [0.1, 0.15) is 0 Å². The summed E-state index contributed by atoms with van der Waals surface area (Å²) in [6, 6.07) is 0. The van der Waals surface area contributed by atoms with Crippen molar-refractivity contribution in [1.29, 1.82) is 0 Å². The molecule has 2 unspecified atom stereocenters. The van der Waals surface area contributed by atoms with Crippen LogP contribution in [0.3, 0.4) is 0 Å². The van der Waals surface area contributed by atoms with Gasteiger partial charge in [-0.25, -0.2) is 0 Å². The molecule has 0 amide bonds. The highest BCUT2D eigenvalue weighted by Crippen LogP contribution is 2.28. The fourth-order valence-corrected chi connectivity index (χ4v) is 1.74. The van der Waals surface area contributed by atoms with Crippen LogP contribution in [0, 0.1) is 0 Å². The van der Waals surface area contributed by atoms with Crippen molar-refractivity contribution in [3.05, 3.63) is 0 Å². The van der Waals surface area contributed by atoms with E-state index in [2.05, 4.69) is 0 Å². The lowest BCUT2D eigenvalue weighted by atomic mass is 10.2. The zero-order valence-electron chi connectivity index (χ0n) is 6.05. The predicted octanol–water partition coefficient (Wildman–Crippen LogP) is 2.03. The monoisotopic (exact) mass is 150 g/mol. The first-order valence-electron chi connectivity index (χ1n) is 3.45. The summed E-state index contributed by atoms with van der Waals surface area (Å²) in [5.74, 6) is 0. The van der Waals surface area contributed by atoms with Crippen molar-refractivity contribution >= 4 is 8.03 Å². The second-order valence-corrected chi connectivity index (χ2v) is 3.73. The highest BCUT2D eigenvalue weighted by Gasteiger charge is 2.08. The van der Waals surface area contributed by atoms with Crippen LogP contribution < -0.4 is 0 Å². The lowest BCUT2D eigenvalue weighted by Crippen LogP contribution is -1.98. The van der Waals surface area contributed by atoms with Crippen molar-refractivity contribution in [3.8, 4) is 0 Å².